The third kappa shape index (κ3) is 12.7. The van der Waals surface area contributed by atoms with Gasteiger partial charge in [0.25, 0.3) is 12.9 Å². The van der Waals surface area contributed by atoms with Crippen LogP contribution in [0.5, 0.6) is 11.8 Å². The molecular weight excluding hydrogens is 1240 g/mol. The van der Waals surface area contributed by atoms with Crippen molar-refractivity contribution in [3.8, 4) is 34.3 Å². The Kier molecular flexibility index (Phi) is 17.2. The first-order valence-electron chi connectivity index (χ1n) is 28.9. The molecule has 2 saturated heterocycles. The van der Waals surface area contributed by atoms with Gasteiger partial charge in [0, 0.05) is 69.2 Å². The normalized spacial score (nSPS) is 16.1. The molecule has 13 nitrogen and oxygen atoms in total. The summed E-state index contributed by atoms with van der Waals surface area (Å²) in [7, 11) is 0. The predicted octanol–water partition coefficient (Wildman–Crippen LogP) is 16.0. The number of aromatic nitrogens is 6. The van der Waals surface area contributed by atoms with Crippen molar-refractivity contribution in [3.05, 3.63) is 224 Å². The number of esters is 2. The van der Waals surface area contributed by atoms with Crippen molar-refractivity contribution in [2.24, 2.45) is 10.8 Å². The predicted molar refractivity (Wildman–Crippen MR) is 313 cm³/mol. The van der Waals surface area contributed by atoms with Crippen LogP contribution in [-0.2, 0) is 40.3 Å². The highest BCUT2D eigenvalue weighted by atomic mass is 19.3. The Morgan fingerprint density at radius 3 is 1.25 bits per heavy atom. The largest absolute Gasteiger partial charge is 0.473 e. The lowest BCUT2D eigenvalue weighted by Gasteiger charge is -2.28. The van der Waals surface area contributed by atoms with Crippen molar-refractivity contribution in [1.29, 1.82) is 0 Å². The number of carbonyl (C=O) groups is 2. The molecule has 12 rings (SSSR count). The van der Waals surface area contributed by atoms with E-state index in [9.17, 15) is 35.9 Å². The van der Waals surface area contributed by atoms with Crippen molar-refractivity contribution in [3.63, 3.8) is 0 Å². The van der Waals surface area contributed by atoms with Gasteiger partial charge in [0.05, 0.1) is 72.1 Å². The molecule has 2 atom stereocenters. The molecule has 0 saturated carbocycles. The fourth-order valence-electron chi connectivity index (χ4n) is 11.5. The number of benzene rings is 6. The van der Waals surface area contributed by atoms with Gasteiger partial charge in [0.15, 0.2) is 11.6 Å². The average molecular weight is 1290 g/mol. The SMILES string of the molecule is CC1(C)COCC1n1c(Cc2cc(F)c(-c3cccc(OCc4ccc(C(F)F)cc4F)n3)cc2F)nc2c(F)cc(C(=O)OC(=O)c3cc(F)c4nc(Cc5cc(F)c(-c6cccc(OCc7ccc(C(F)F)cc7F)n6)cc5F)n(C5COCC5(C)C)c4c3)cc21. The van der Waals surface area contributed by atoms with Crippen LogP contribution in [0.2, 0.25) is 0 Å². The van der Waals surface area contributed by atoms with Crippen LogP contribution >= 0.6 is 0 Å². The number of alkyl halides is 4. The molecule has 0 radical (unpaired) electrons. The molecule has 6 heterocycles. The van der Waals surface area contributed by atoms with E-state index in [-0.39, 0.29) is 117 Å². The third-order valence-electron chi connectivity index (χ3n) is 16.6. The number of hydrogen-bond donors (Lipinski definition) is 0. The van der Waals surface area contributed by atoms with Crippen molar-refractivity contribution < 1.29 is 86.0 Å². The molecule has 0 amide bonds. The van der Waals surface area contributed by atoms with Gasteiger partial charge in [-0.25, -0.2) is 82.2 Å². The van der Waals surface area contributed by atoms with E-state index in [0.29, 0.717) is 12.1 Å². The zero-order valence-corrected chi connectivity index (χ0v) is 49.6. The monoisotopic (exact) mass is 1290 g/mol. The minimum Gasteiger partial charge on any atom is -0.473 e. The molecule has 93 heavy (non-hydrogen) atoms. The Balaban J connectivity index is 0.801. The number of carbonyl (C=O) groups excluding carboxylic acids is 2. The summed E-state index contributed by atoms with van der Waals surface area (Å²) in [6, 6.07) is 20.4. The van der Waals surface area contributed by atoms with E-state index in [1.165, 1.54) is 48.5 Å². The van der Waals surface area contributed by atoms with Crippen LogP contribution < -0.4 is 9.47 Å². The number of nitrogens with zero attached hydrogens (tertiary/aromatic N) is 6. The van der Waals surface area contributed by atoms with E-state index in [2.05, 4.69) is 19.9 Å². The molecule has 2 fully saturated rings. The maximum Gasteiger partial charge on any atom is 0.346 e. The summed E-state index contributed by atoms with van der Waals surface area (Å²) in [4.78, 5) is 45.7. The number of rotatable bonds is 18. The van der Waals surface area contributed by atoms with Crippen LogP contribution in [0.1, 0.15) is 118 Å². The summed E-state index contributed by atoms with van der Waals surface area (Å²) >= 11 is 0. The lowest BCUT2D eigenvalue weighted by molar-refractivity contribution is 0.0396. The molecule has 25 heteroatoms. The van der Waals surface area contributed by atoms with E-state index >= 15 is 26.3 Å². The Labute approximate surface area is 521 Å². The zero-order chi connectivity index (χ0) is 65.9. The Hall–Kier alpha value is -9.62. The highest BCUT2D eigenvalue weighted by Gasteiger charge is 2.41. The van der Waals surface area contributed by atoms with Gasteiger partial charge in [-0.05, 0) is 83.9 Å². The number of pyridine rings is 2. The average Bonchev–Trinajstić information content (AvgIpc) is 1.61. The van der Waals surface area contributed by atoms with Crippen LogP contribution in [0.3, 0.4) is 0 Å². The summed E-state index contributed by atoms with van der Waals surface area (Å²) in [5, 5.41) is 0. The third-order valence-corrected chi connectivity index (χ3v) is 16.6. The summed E-state index contributed by atoms with van der Waals surface area (Å²) in [5.41, 5.74) is -5.21. The first-order valence-corrected chi connectivity index (χ1v) is 28.9. The highest BCUT2D eigenvalue weighted by Crippen LogP contribution is 2.44. The van der Waals surface area contributed by atoms with Crippen LogP contribution in [0.4, 0.5) is 52.7 Å². The summed E-state index contributed by atoms with van der Waals surface area (Å²) in [5.74, 6) is -10.6. The Bertz CT molecular complexity index is 4330. The van der Waals surface area contributed by atoms with Crippen molar-refractivity contribution >= 4 is 34.0 Å². The molecule has 0 N–H and O–H groups in total. The van der Waals surface area contributed by atoms with Gasteiger partial charge in [-0.1, -0.05) is 64.1 Å². The number of imidazole rings is 2. The van der Waals surface area contributed by atoms with Gasteiger partial charge in [0.2, 0.25) is 11.8 Å². The molecule has 0 spiro atoms. The summed E-state index contributed by atoms with van der Waals surface area (Å²) in [6.07, 6.45) is -6.62. The quantitative estimate of drug-likeness (QED) is 0.0460. The molecule has 480 valence electrons. The van der Waals surface area contributed by atoms with Crippen LogP contribution in [0.25, 0.3) is 44.6 Å². The first kappa shape index (κ1) is 63.5. The van der Waals surface area contributed by atoms with Crippen LogP contribution in [-0.4, -0.2) is 67.4 Å². The number of fused-ring (bicyclic) bond motifs is 2. The smallest absolute Gasteiger partial charge is 0.346 e. The number of hydrogen-bond acceptors (Lipinski definition) is 11. The number of ether oxygens (including phenoxy) is 5. The molecule has 10 aromatic rings. The standard InChI is InChI=1S/C68H52F12N6O7/c1-67(2)31-89-29-55(67)85-53-21-39(19-49(75)61(53)83-57(85)23-37-17-47(73)41(25-45(37)71)51-7-5-9-59(81-51)91-27-35-13-11-33(63(77)78)15-43(35)69)65(87)93-66(88)40-20-50(76)62-54(22-40)86(56-30-90-32-68(56,3)4)58(84-62)24-38-18-48(74)42(26-46(38)72)52-8-6-10-60(82-52)92-28-36-14-12-34(64(79)80)16-44(36)70/h5-22,25-26,55-56,63-64H,23-24,27-32H2,1-4H3. The second-order valence-electron chi connectivity index (χ2n) is 24.0. The molecule has 4 aromatic heterocycles. The Morgan fingerprint density at radius 2 is 0.882 bits per heavy atom. The topological polar surface area (TPSA) is 142 Å². The minimum atomic E-state index is -2.89. The maximum atomic E-state index is 16.5. The fourth-order valence-corrected chi connectivity index (χ4v) is 11.5. The van der Waals surface area contributed by atoms with Crippen molar-refractivity contribution in [2.75, 3.05) is 26.4 Å². The van der Waals surface area contributed by atoms with E-state index < -0.39 is 143 Å². The van der Waals surface area contributed by atoms with Gasteiger partial charge in [0.1, 0.15) is 70.8 Å². The fraction of sp³-hybridized carbons (Fsp3) is 0.265. The molecule has 0 aliphatic carbocycles. The summed E-state index contributed by atoms with van der Waals surface area (Å²) in [6.45, 7) is 7.10. The molecular formula is C68H52F12N6O7. The van der Waals surface area contributed by atoms with Gasteiger partial charge in [-0.15, -0.1) is 0 Å². The lowest BCUT2D eigenvalue weighted by Crippen LogP contribution is -2.27. The second kappa shape index (κ2) is 25.1. The van der Waals surface area contributed by atoms with E-state index in [1.54, 1.807) is 9.13 Å². The van der Waals surface area contributed by atoms with Crippen LogP contribution in [0, 0.1) is 57.4 Å². The van der Waals surface area contributed by atoms with Gasteiger partial charge in [-0.2, -0.15) is 0 Å². The van der Waals surface area contributed by atoms with E-state index in [1.807, 2.05) is 27.7 Å². The van der Waals surface area contributed by atoms with Gasteiger partial charge in [-0.3, -0.25) is 0 Å². The molecule has 2 aliphatic rings. The van der Waals surface area contributed by atoms with Crippen LogP contribution in [0.15, 0.2) is 121 Å². The second-order valence-corrected chi connectivity index (χ2v) is 24.0. The van der Waals surface area contributed by atoms with E-state index in [4.69, 9.17) is 23.7 Å². The van der Waals surface area contributed by atoms with Crippen molar-refractivity contribution in [1.82, 2.24) is 29.1 Å². The zero-order valence-electron chi connectivity index (χ0n) is 49.6. The lowest BCUT2D eigenvalue weighted by atomic mass is 9.87. The number of halogens is 12. The Morgan fingerprint density at radius 1 is 0.484 bits per heavy atom. The first-order chi connectivity index (χ1) is 44.3. The summed E-state index contributed by atoms with van der Waals surface area (Å²) < 4.78 is 211. The molecule has 2 unspecified atom stereocenters. The molecule has 2 aliphatic heterocycles. The van der Waals surface area contributed by atoms with E-state index in [0.717, 1.165) is 60.7 Å². The molecule has 6 aromatic carbocycles. The highest BCUT2D eigenvalue weighted by molar-refractivity contribution is 6.05. The minimum absolute atomic E-state index is 0.00117. The van der Waals surface area contributed by atoms with Crippen molar-refractivity contribution in [2.45, 2.75) is 78.7 Å². The molecule has 0 bridgehead atoms. The van der Waals surface area contributed by atoms with Gasteiger partial charge >= 0.3 is 11.9 Å². The van der Waals surface area contributed by atoms with Gasteiger partial charge < -0.3 is 32.8 Å². The maximum absolute atomic E-state index is 16.5.